The average molecular weight is 316 g/mol. The van der Waals surface area contributed by atoms with Gasteiger partial charge in [-0.3, -0.25) is 4.79 Å². The lowest BCUT2D eigenvalue weighted by Crippen LogP contribution is -2.82. The van der Waals surface area contributed by atoms with Crippen LogP contribution in [0.4, 0.5) is 0 Å². The van der Waals surface area contributed by atoms with Gasteiger partial charge in [0.25, 0.3) is 0 Å². The van der Waals surface area contributed by atoms with Crippen molar-refractivity contribution >= 4 is 5.91 Å². The maximum Gasteiger partial charge on any atom is 0.241 e. The third kappa shape index (κ3) is 1.90. The Morgan fingerprint density at radius 3 is 2.96 bits per heavy atom. The first-order valence-corrected chi connectivity index (χ1v) is 8.39. The van der Waals surface area contributed by atoms with Crippen molar-refractivity contribution in [3.8, 4) is 5.75 Å². The second-order valence-corrected chi connectivity index (χ2v) is 7.51. The Bertz CT molecular complexity index is 645. The molecule has 1 aromatic carbocycles. The van der Waals surface area contributed by atoms with Crippen molar-refractivity contribution in [1.82, 2.24) is 5.32 Å². The third-order valence-electron chi connectivity index (χ3n) is 6.07. The second kappa shape index (κ2) is 4.95. The van der Waals surface area contributed by atoms with Crippen LogP contribution in [0.3, 0.4) is 0 Å². The highest BCUT2D eigenvalue weighted by Gasteiger charge is 2.70. The van der Waals surface area contributed by atoms with Gasteiger partial charge in [-0.25, -0.2) is 0 Å². The molecule has 1 aromatic rings. The number of benzene rings is 1. The molecule has 23 heavy (non-hydrogen) atoms. The van der Waals surface area contributed by atoms with Crippen LogP contribution >= 0.6 is 0 Å². The first kappa shape index (κ1) is 15.0. The molecule has 4 rings (SSSR count). The Morgan fingerprint density at radius 2 is 2.13 bits per heavy atom. The number of ether oxygens (including phenoxy) is 2. The van der Waals surface area contributed by atoms with Crippen LogP contribution < -0.4 is 15.8 Å². The lowest BCUT2D eigenvalue weighted by Gasteiger charge is -2.65. The fourth-order valence-corrected chi connectivity index (χ4v) is 4.60. The summed E-state index contributed by atoms with van der Waals surface area (Å²) in [6, 6.07) is 7.70. The van der Waals surface area contributed by atoms with E-state index >= 15 is 0 Å². The monoisotopic (exact) mass is 316 g/mol. The van der Waals surface area contributed by atoms with E-state index < -0.39 is 5.54 Å². The summed E-state index contributed by atoms with van der Waals surface area (Å²) in [7, 11) is 0. The van der Waals surface area contributed by atoms with E-state index in [-0.39, 0.29) is 29.4 Å². The quantitative estimate of drug-likeness (QED) is 0.872. The zero-order valence-electron chi connectivity index (χ0n) is 13.7. The average Bonchev–Trinajstić information content (AvgIpc) is 2.97. The third-order valence-corrected chi connectivity index (χ3v) is 6.07. The van der Waals surface area contributed by atoms with E-state index in [0.717, 1.165) is 30.8 Å². The van der Waals surface area contributed by atoms with Crippen LogP contribution in [0.1, 0.15) is 38.3 Å². The van der Waals surface area contributed by atoms with Gasteiger partial charge in [0.1, 0.15) is 17.9 Å². The highest BCUT2D eigenvalue weighted by atomic mass is 16.5. The van der Waals surface area contributed by atoms with Gasteiger partial charge in [0.15, 0.2) is 0 Å². The van der Waals surface area contributed by atoms with Gasteiger partial charge in [0, 0.05) is 23.5 Å². The molecule has 4 atom stereocenters. The zero-order chi connectivity index (χ0) is 16.2. The van der Waals surface area contributed by atoms with Crippen molar-refractivity contribution in [3.63, 3.8) is 0 Å². The molecule has 3 aliphatic rings. The summed E-state index contributed by atoms with van der Waals surface area (Å²) in [5.41, 5.74) is 6.43. The van der Waals surface area contributed by atoms with Crippen molar-refractivity contribution < 1.29 is 14.3 Å². The molecular weight excluding hydrogens is 292 g/mol. The number of fused-ring (bicyclic) bond motifs is 2. The minimum Gasteiger partial charge on any atom is -0.491 e. The van der Waals surface area contributed by atoms with Crippen LogP contribution in [0.25, 0.3) is 0 Å². The predicted octanol–water partition coefficient (Wildman–Crippen LogP) is 1.77. The molecule has 5 nitrogen and oxygen atoms in total. The SMILES string of the molecule is CC1(C)C2OCCCC2C1(N)C(=O)NC1COc2ccccc21. The largest absolute Gasteiger partial charge is 0.491 e. The van der Waals surface area contributed by atoms with E-state index in [1.54, 1.807) is 0 Å². The van der Waals surface area contributed by atoms with E-state index in [9.17, 15) is 4.79 Å². The number of hydrogen-bond acceptors (Lipinski definition) is 4. The lowest BCUT2D eigenvalue weighted by atomic mass is 9.46. The molecule has 3 N–H and O–H groups in total. The van der Waals surface area contributed by atoms with Crippen molar-refractivity contribution in [2.24, 2.45) is 17.1 Å². The summed E-state index contributed by atoms with van der Waals surface area (Å²) in [6.45, 7) is 5.31. The normalized spacial score (nSPS) is 37.1. The summed E-state index contributed by atoms with van der Waals surface area (Å²) in [4.78, 5) is 13.0. The minimum absolute atomic E-state index is 0.0825. The number of rotatable bonds is 2. The van der Waals surface area contributed by atoms with Gasteiger partial charge in [0.05, 0.1) is 12.1 Å². The first-order chi connectivity index (χ1) is 11.0. The number of nitrogens with one attached hydrogen (secondary N) is 1. The van der Waals surface area contributed by atoms with Gasteiger partial charge in [-0.15, -0.1) is 0 Å². The molecule has 124 valence electrons. The van der Waals surface area contributed by atoms with Crippen molar-refractivity contribution in [2.75, 3.05) is 13.2 Å². The molecule has 0 bridgehead atoms. The van der Waals surface area contributed by atoms with Crippen LogP contribution in [0.5, 0.6) is 5.75 Å². The van der Waals surface area contributed by atoms with Crippen LogP contribution in [0, 0.1) is 11.3 Å². The molecule has 2 aliphatic heterocycles. The van der Waals surface area contributed by atoms with E-state index in [2.05, 4.69) is 5.32 Å². The van der Waals surface area contributed by atoms with E-state index in [4.69, 9.17) is 15.2 Å². The summed E-state index contributed by atoms with van der Waals surface area (Å²) in [5.74, 6) is 0.860. The van der Waals surface area contributed by atoms with Crippen LogP contribution in [0.15, 0.2) is 24.3 Å². The number of para-hydroxylation sites is 1. The minimum atomic E-state index is -0.879. The molecule has 1 saturated carbocycles. The molecule has 2 heterocycles. The molecule has 0 spiro atoms. The number of amides is 1. The molecule has 1 aliphatic carbocycles. The Morgan fingerprint density at radius 1 is 1.35 bits per heavy atom. The summed E-state index contributed by atoms with van der Waals surface area (Å²) >= 11 is 0. The smallest absolute Gasteiger partial charge is 0.241 e. The van der Waals surface area contributed by atoms with Crippen molar-refractivity contribution in [2.45, 2.75) is 44.4 Å². The van der Waals surface area contributed by atoms with Gasteiger partial charge < -0.3 is 20.5 Å². The van der Waals surface area contributed by atoms with Gasteiger partial charge >= 0.3 is 0 Å². The maximum atomic E-state index is 13.0. The standard InChI is InChI=1S/C18H24N2O3/c1-17(2)15-12(7-5-9-22-15)18(17,19)16(21)20-13-10-23-14-8-4-3-6-11(13)14/h3-4,6,8,12-13,15H,5,7,9-10,19H2,1-2H3,(H,20,21). The number of carbonyl (C=O) groups is 1. The van der Waals surface area contributed by atoms with Crippen LogP contribution in [-0.2, 0) is 9.53 Å². The highest BCUT2D eigenvalue weighted by molar-refractivity contribution is 5.90. The summed E-state index contributed by atoms with van der Waals surface area (Å²) in [5, 5.41) is 3.12. The van der Waals surface area contributed by atoms with Crippen molar-refractivity contribution in [1.29, 1.82) is 0 Å². The molecule has 0 radical (unpaired) electrons. The molecule has 1 saturated heterocycles. The molecular formula is C18H24N2O3. The van der Waals surface area contributed by atoms with Gasteiger partial charge in [-0.1, -0.05) is 32.0 Å². The van der Waals surface area contributed by atoms with Gasteiger partial charge in [-0.2, -0.15) is 0 Å². The topological polar surface area (TPSA) is 73.6 Å². The van der Waals surface area contributed by atoms with E-state index in [0.29, 0.717) is 6.61 Å². The van der Waals surface area contributed by atoms with Gasteiger partial charge in [-0.05, 0) is 18.9 Å². The molecule has 0 aromatic heterocycles. The lowest BCUT2D eigenvalue weighted by molar-refractivity contribution is -0.225. The van der Waals surface area contributed by atoms with E-state index in [1.807, 2.05) is 38.1 Å². The zero-order valence-corrected chi connectivity index (χ0v) is 13.7. The fraction of sp³-hybridized carbons (Fsp3) is 0.611. The fourth-order valence-electron chi connectivity index (χ4n) is 4.60. The number of hydrogen-bond donors (Lipinski definition) is 2. The Labute approximate surface area is 136 Å². The summed E-state index contributed by atoms with van der Waals surface area (Å²) in [6.07, 6.45) is 2.01. The molecule has 4 unspecified atom stereocenters. The second-order valence-electron chi connectivity index (χ2n) is 7.51. The molecule has 5 heteroatoms. The Balaban J connectivity index is 1.55. The first-order valence-electron chi connectivity index (χ1n) is 8.39. The number of nitrogens with two attached hydrogens (primary N) is 1. The Kier molecular flexibility index (Phi) is 3.22. The predicted molar refractivity (Wildman–Crippen MR) is 86.0 cm³/mol. The van der Waals surface area contributed by atoms with Crippen molar-refractivity contribution in [3.05, 3.63) is 29.8 Å². The highest BCUT2D eigenvalue weighted by Crippen LogP contribution is 2.57. The van der Waals surface area contributed by atoms with Crippen LogP contribution in [-0.4, -0.2) is 30.8 Å². The summed E-state index contributed by atoms with van der Waals surface area (Å²) < 4.78 is 11.5. The Hall–Kier alpha value is -1.59. The maximum absolute atomic E-state index is 13.0. The van der Waals surface area contributed by atoms with Crippen LogP contribution in [0.2, 0.25) is 0 Å². The molecule has 2 fully saturated rings. The van der Waals surface area contributed by atoms with Gasteiger partial charge in [0.2, 0.25) is 5.91 Å². The number of carbonyl (C=O) groups excluding carboxylic acids is 1. The molecule has 1 amide bonds. The van der Waals surface area contributed by atoms with E-state index in [1.165, 1.54) is 0 Å².